The maximum Gasteiger partial charge on any atom is 0.280 e. The lowest BCUT2D eigenvalue weighted by Gasteiger charge is -2.48. The number of para-hydroxylation sites is 1. The second-order valence-electron chi connectivity index (χ2n) is 7.77. The summed E-state index contributed by atoms with van der Waals surface area (Å²) < 4.78 is -0.410. The van der Waals surface area contributed by atoms with Gasteiger partial charge in [-0.2, -0.15) is 0 Å². The number of aromatic nitrogens is 1. The standard InChI is InChI=1S/C20H24N4O3.ClH/c1-20(2,24(3,4)27)12-13-21-19-14-8-5-6-9-15(14)22-16-10-7-11-17(18(16)19)23(25)26;/h5-11H,12-13H2,1-4H3,(H,21,22);1H. The van der Waals surface area contributed by atoms with Crippen molar-refractivity contribution in [3.8, 4) is 0 Å². The molecule has 0 radical (unpaired) electrons. The highest BCUT2D eigenvalue weighted by atomic mass is 35.5. The Hall–Kier alpha value is -2.48. The highest BCUT2D eigenvalue weighted by Gasteiger charge is 2.29. The van der Waals surface area contributed by atoms with E-state index in [1.54, 1.807) is 26.2 Å². The van der Waals surface area contributed by atoms with Crippen LogP contribution in [-0.4, -0.2) is 40.7 Å². The molecular weight excluding hydrogens is 380 g/mol. The zero-order chi connectivity index (χ0) is 19.8. The molecule has 1 N–H and O–H groups in total. The molecule has 0 aliphatic heterocycles. The van der Waals surface area contributed by atoms with Gasteiger partial charge in [0.05, 0.1) is 41.3 Å². The summed E-state index contributed by atoms with van der Waals surface area (Å²) in [6.07, 6.45) is 0.613. The lowest BCUT2D eigenvalue weighted by atomic mass is 9.98. The van der Waals surface area contributed by atoms with E-state index in [-0.39, 0.29) is 23.0 Å². The van der Waals surface area contributed by atoms with Crippen molar-refractivity contribution in [2.45, 2.75) is 25.8 Å². The first-order valence-corrected chi connectivity index (χ1v) is 8.87. The largest absolute Gasteiger partial charge is 0.633 e. The molecule has 0 saturated heterocycles. The van der Waals surface area contributed by atoms with E-state index in [0.717, 1.165) is 10.9 Å². The molecule has 0 fully saturated rings. The third-order valence-electron chi connectivity index (χ3n) is 5.38. The summed E-state index contributed by atoms with van der Waals surface area (Å²) in [6, 6.07) is 12.5. The van der Waals surface area contributed by atoms with Gasteiger partial charge in [-0.05, 0) is 26.0 Å². The number of benzene rings is 2. The topological polar surface area (TPSA) is 91.1 Å². The van der Waals surface area contributed by atoms with Crippen LogP contribution in [-0.2, 0) is 0 Å². The first kappa shape index (κ1) is 21.8. The molecule has 1 heterocycles. The predicted octanol–water partition coefficient (Wildman–Crippen LogP) is 4.87. The number of hydrogen-bond acceptors (Lipinski definition) is 5. The van der Waals surface area contributed by atoms with E-state index >= 15 is 0 Å². The van der Waals surface area contributed by atoms with Gasteiger partial charge in [-0.25, -0.2) is 4.98 Å². The fourth-order valence-corrected chi connectivity index (χ4v) is 3.02. The van der Waals surface area contributed by atoms with E-state index in [0.29, 0.717) is 29.6 Å². The number of nitro benzene ring substituents is 1. The van der Waals surface area contributed by atoms with E-state index in [2.05, 4.69) is 10.3 Å². The zero-order valence-corrected chi connectivity index (χ0v) is 17.2. The van der Waals surface area contributed by atoms with Crippen molar-refractivity contribution >= 4 is 45.6 Å². The number of pyridine rings is 1. The quantitative estimate of drug-likeness (QED) is 0.274. The van der Waals surface area contributed by atoms with Gasteiger partial charge in [0.2, 0.25) is 0 Å². The van der Waals surface area contributed by atoms with Crippen LogP contribution in [0.15, 0.2) is 42.5 Å². The average Bonchev–Trinajstić information content (AvgIpc) is 2.59. The molecule has 3 rings (SSSR count). The van der Waals surface area contributed by atoms with Crippen molar-refractivity contribution < 1.29 is 9.57 Å². The average molecular weight is 405 g/mol. The Balaban J connectivity index is 0.00000280. The summed E-state index contributed by atoms with van der Waals surface area (Å²) in [4.78, 5) is 15.8. The van der Waals surface area contributed by atoms with Gasteiger partial charge in [-0.15, -0.1) is 12.4 Å². The minimum Gasteiger partial charge on any atom is -0.633 e. The first-order valence-electron chi connectivity index (χ1n) is 8.87. The maximum atomic E-state index is 12.3. The van der Waals surface area contributed by atoms with E-state index in [1.807, 2.05) is 38.1 Å². The van der Waals surface area contributed by atoms with Crippen molar-refractivity contribution in [3.63, 3.8) is 0 Å². The fourth-order valence-electron chi connectivity index (χ4n) is 3.02. The molecule has 28 heavy (non-hydrogen) atoms. The predicted molar refractivity (Wildman–Crippen MR) is 116 cm³/mol. The van der Waals surface area contributed by atoms with E-state index in [1.165, 1.54) is 6.07 Å². The van der Waals surface area contributed by atoms with Gasteiger partial charge in [0.25, 0.3) is 5.69 Å². The molecule has 0 spiro atoms. The zero-order valence-electron chi connectivity index (χ0n) is 16.4. The summed E-state index contributed by atoms with van der Waals surface area (Å²) in [5, 5.41) is 28.6. The molecule has 3 aromatic rings. The number of nitrogens with one attached hydrogen (secondary N) is 1. The second-order valence-corrected chi connectivity index (χ2v) is 7.77. The van der Waals surface area contributed by atoms with Crippen LogP contribution in [0.4, 0.5) is 11.4 Å². The van der Waals surface area contributed by atoms with Crippen molar-refractivity contribution in [2.24, 2.45) is 0 Å². The molecule has 1 aromatic heterocycles. The Morgan fingerprint density at radius 1 is 1.11 bits per heavy atom. The minimum atomic E-state index is -0.489. The van der Waals surface area contributed by atoms with E-state index in [4.69, 9.17) is 0 Å². The third-order valence-corrected chi connectivity index (χ3v) is 5.38. The van der Waals surface area contributed by atoms with Crippen LogP contribution in [0.25, 0.3) is 21.8 Å². The SMILES string of the molecule is CC(C)(CCNc1c2ccccc2nc2cccc([N+](=O)[O-])c12)[N+](C)(C)[O-].Cl. The number of hydroxylamine groups is 3. The van der Waals surface area contributed by atoms with Gasteiger partial charge in [0.15, 0.2) is 0 Å². The summed E-state index contributed by atoms with van der Waals surface area (Å²) >= 11 is 0. The van der Waals surface area contributed by atoms with Crippen LogP contribution >= 0.6 is 12.4 Å². The second kappa shape index (κ2) is 7.87. The molecule has 0 bridgehead atoms. The van der Waals surface area contributed by atoms with Crippen LogP contribution in [0.1, 0.15) is 20.3 Å². The maximum absolute atomic E-state index is 12.3. The van der Waals surface area contributed by atoms with Crippen molar-refractivity contribution in [1.29, 1.82) is 0 Å². The van der Waals surface area contributed by atoms with Gasteiger partial charge in [-0.3, -0.25) is 10.1 Å². The Kier molecular flexibility index (Phi) is 6.13. The lowest BCUT2D eigenvalue weighted by molar-refractivity contribution is -0.891. The van der Waals surface area contributed by atoms with Gasteiger partial charge in [-0.1, -0.05) is 24.3 Å². The molecule has 0 saturated carbocycles. The van der Waals surface area contributed by atoms with Gasteiger partial charge in [0.1, 0.15) is 5.39 Å². The lowest BCUT2D eigenvalue weighted by Crippen LogP contribution is -2.52. The van der Waals surface area contributed by atoms with Gasteiger partial charge >= 0.3 is 0 Å². The van der Waals surface area contributed by atoms with Crippen LogP contribution in [0.3, 0.4) is 0 Å². The Morgan fingerprint density at radius 2 is 1.75 bits per heavy atom. The van der Waals surface area contributed by atoms with Crippen molar-refractivity contribution in [1.82, 2.24) is 4.98 Å². The Morgan fingerprint density at radius 3 is 2.39 bits per heavy atom. The highest BCUT2D eigenvalue weighted by Crippen LogP contribution is 2.36. The molecule has 0 aliphatic carbocycles. The summed E-state index contributed by atoms with van der Waals surface area (Å²) in [6.45, 7) is 4.37. The molecular formula is C20H25ClN4O3. The fraction of sp³-hybridized carbons (Fsp3) is 0.350. The molecule has 0 unspecified atom stereocenters. The van der Waals surface area contributed by atoms with E-state index < -0.39 is 10.2 Å². The number of anilines is 1. The summed E-state index contributed by atoms with van der Waals surface area (Å²) in [5.41, 5.74) is 1.57. The number of hydrogen-bond donors (Lipinski definition) is 1. The highest BCUT2D eigenvalue weighted by molar-refractivity contribution is 6.11. The minimum absolute atomic E-state index is 0. The Labute approximate surface area is 170 Å². The Bertz CT molecular complexity index is 1020. The third kappa shape index (κ3) is 4.01. The van der Waals surface area contributed by atoms with Crippen LogP contribution in [0.2, 0.25) is 0 Å². The summed E-state index contributed by atoms with van der Waals surface area (Å²) in [5.74, 6) is 0. The first-order chi connectivity index (χ1) is 12.6. The number of halogens is 1. The smallest absolute Gasteiger partial charge is 0.280 e. The number of rotatable bonds is 6. The number of quaternary nitrogens is 1. The number of nitro groups is 1. The van der Waals surface area contributed by atoms with E-state index in [9.17, 15) is 15.3 Å². The molecule has 7 nitrogen and oxygen atoms in total. The molecule has 150 valence electrons. The number of fused-ring (bicyclic) bond motifs is 2. The number of nitrogens with zero attached hydrogens (tertiary/aromatic N) is 3. The van der Waals surface area contributed by atoms with Crippen LogP contribution < -0.4 is 5.32 Å². The molecule has 8 heteroatoms. The normalized spacial score (nSPS) is 12.0. The summed E-state index contributed by atoms with van der Waals surface area (Å²) in [7, 11) is 3.25. The molecule has 2 aromatic carbocycles. The van der Waals surface area contributed by atoms with Gasteiger partial charge in [0, 0.05) is 24.4 Å². The molecule has 0 amide bonds. The number of non-ortho nitro benzene ring substituents is 1. The van der Waals surface area contributed by atoms with Gasteiger partial charge < -0.3 is 15.2 Å². The van der Waals surface area contributed by atoms with Crippen molar-refractivity contribution in [3.05, 3.63) is 57.8 Å². The van der Waals surface area contributed by atoms with Crippen LogP contribution in [0.5, 0.6) is 0 Å². The monoisotopic (exact) mass is 404 g/mol. The molecule has 0 atom stereocenters. The molecule has 0 aliphatic rings. The van der Waals surface area contributed by atoms with Crippen LogP contribution in [0, 0.1) is 15.3 Å². The van der Waals surface area contributed by atoms with Crippen molar-refractivity contribution in [2.75, 3.05) is 26.0 Å².